The van der Waals surface area contributed by atoms with Gasteiger partial charge in [-0.3, -0.25) is 4.79 Å². The molecule has 5 rings (SSSR count). The first-order valence-corrected chi connectivity index (χ1v) is 9.83. The SMILES string of the molecule is Cc1ccc(C)c(N2CC(c3noc(Cc4c[nH]c5ccccc45)n3)CC2=O)c1. The molecule has 1 aliphatic rings. The monoisotopic (exact) mass is 386 g/mol. The van der Waals surface area contributed by atoms with Crippen molar-refractivity contribution in [3.63, 3.8) is 0 Å². The molecule has 4 aromatic rings. The Kier molecular flexibility index (Phi) is 4.19. The molecule has 1 amide bonds. The van der Waals surface area contributed by atoms with Crippen LogP contribution in [0.25, 0.3) is 10.9 Å². The van der Waals surface area contributed by atoms with Gasteiger partial charge in [-0.25, -0.2) is 0 Å². The van der Waals surface area contributed by atoms with Gasteiger partial charge in [0.25, 0.3) is 0 Å². The molecule has 1 aliphatic heterocycles. The maximum absolute atomic E-state index is 12.7. The Bertz CT molecular complexity index is 1210. The highest BCUT2D eigenvalue weighted by atomic mass is 16.5. The highest BCUT2D eigenvalue weighted by Gasteiger charge is 2.35. The van der Waals surface area contributed by atoms with Crippen molar-refractivity contribution in [1.29, 1.82) is 0 Å². The lowest BCUT2D eigenvalue weighted by Crippen LogP contribution is -2.25. The van der Waals surface area contributed by atoms with Crippen molar-refractivity contribution in [2.24, 2.45) is 0 Å². The van der Waals surface area contributed by atoms with Gasteiger partial charge >= 0.3 is 0 Å². The molecule has 0 aliphatic carbocycles. The summed E-state index contributed by atoms with van der Waals surface area (Å²) < 4.78 is 5.51. The second-order valence-electron chi connectivity index (χ2n) is 7.78. The van der Waals surface area contributed by atoms with Crippen molar-refractivity contribution in [1.82, 2.24) is 15.1 Å². The van der Waals surface area contributed by atoms with E-state index in [9.17, 15) is 4.79 Å². The van der Waals surface area contributed by atoms with Gasteiger partial charge in [0.15, 0.2) is 5.82 Å². The zero-order chi connectivity index (χ0) is 20.0. The summed E-state index contributed by atoms with van der Waals surface area (Å²) in [7, 11) is 0. The molecule has 1 N–H and O–H groups in total. The Hall–Kier alpha value is -3.41. The smallest absolute Gasteiger partial charge is 0.231 e. The molecule has 1 atom stereocenters. The van der Waals surface area contributed by atoms with Crippen LogP contribution in [0, 0.1) is 13.8 Å². The molecule has 146 valence electrons. The number of rotatable bonds is 4. The number of aromatic nitrogens is 3. The van der Waals surface area contributed by atoms with E-state index in [1.807, 2.05) is 43.1 Å². The number of carbonyl (C=O) groups is 1. The summed E-state index contributed by atoms with van der Waals surface area (Å²) >= 11 is 0. The molecule has 3 heterocycles. The molecule has 29 heavy (non-hydrogen) atoms. The van der Waals surface area contributed by atoms with Gasteiger partial charge in [0.1, 0.15) is 0 Å². The average molecular weight is 386 g/mol. The summed E-state index contributed by atoms with van der Waals surface area (Å²) in [6, 6.07) is 14.3. The Morgan fingerprint density at radius 2 is 2.07 bits per heavy atom. The summed E-state index contributed by atoms with van der Waals surface area (Å²) in [5.74, 6) is 1.23. The molecule has 1 fully saturated rings. The second kappa shape index (κ2) is 6.88. The zero-order valence-corrected chi connectivity index (χ0v) is 16.5. The van der Waals surface area contributed by atoms with Crippen LogP contribution in [0.2, 0.25) is 0 Å². The van der Waals surface area contributed by atoms with Gasteiger partial charge in [0.2, 0.25) is 11.8 Å². The predicted molar refractivity (Wildman–Crippen MR) is 111 cm³/mol. The number of hydrogen-bond acceptors (Lipinski definition) is 4. The van der Waals surface area contributed by atoms with Crippen molar-refractivity contribution in [3.8, 4) is 0 Å². The molecule has 6 heteroatoms. The Labute approximate surface area is 168 Å². The van der Waals surface area contributed by atoms with E-state index in [0.717, 1.165) is 33.3 Å². The lowest BCUT2D eigenvalue weighted by molar-refractivity contribution is -0.117. The highest BCUT2D eigenvalue weighted by molar-refractivity contribution is 5.97. The van der Waals surface area contributed by atoms with Gasteiger partial charge < -0.3 is 14.4 Å². The van der Waals surface area contributed by atoms with Gasteiger partial charge in [-0.15, -0.1) is 0 Å². The summed E-state index contributed by atoms with van der Waals surface area (Å²) in [5, 5.41) is 5.34. The normalized spacial score (nSPS) is 16.8. The summed E-state index contributed by atoms with van der Waals surface area (Å²) in [4.78, 5) is 22.4. The molecule has 0 bridgehead atoms. The fraction of sp³-hybridized carbons (Fsp3) is 0.261. The van der Waals surface area contributed by atoms with E-state index in [2.05, 4.69) is 39.4 Å². The number of carbonyl (C=O) groups excluding carboxylic acids is 1. The number of anilines is 1. The van der Waals surface area contributed by atoms with Gasteiger partial charge in [-0.1, -0.05) is 35.5 Å². The van der Waals surface area contributed by atoms with E-state index >= 15 is 0 Å². The molecule has 1 saturated heterocycles. The number of aromatic amines is 1. The van der Waals surface area contributed by atoms with Crippen LogP contribution >= 0.6 is 0 Å². The van der Waals surface area contributed by atoms with E-state index in [1.54, 1.807) is 0 Å². The Balaban J connectivity index is 1.36. The van der Waals surface area contributed by atoms with E-state index in [0.29, 0.717) is 31.1 Å². The third-order valence-electron chi connectivity index (χ3n) is 5.65. The number of nitrogens with one attached hydrogen (secondary N) is 1. The number of fused-ring (bicyclic) bond motifs is 1. The van der Waals surface area contributed by atoms with Crippen LogP contribution in [0.4, 0.5) is 5.69 Å². The van der Waals surface area contributed by atoms with Crippen molar-refractivity contribution < 1.29 is 9.32 Å². The zero-order valence-electron chi connectivity index (χ0n) is 16.5. The standard InChI is InChI=1S/C23H22N4O2/c1-14-7-8-15(2)20(9-14)27-13-17(11-22(27)28)23-25-21(29-26-23)10-16-12-24-19-6-4-3-5-18(16)19/h3-9,12,17,24H,10-11,13H2,1-2H3. The van der Waals surface area contributed by atoms with Crippen LogP contribution in [0.5, 0.6) is 0 Å². The maximum Gasteiger partial charge on any atom is 0.231 e. The summed E-state index contributed by atoms with van der Waals surface area (Å²) in [6.07, 6.45) is 2.95. The van der Waals surface area contributed by atoms with Gasteiger partial charge in [0, 0.05) is 41.7 Å². The lowest BCUT2D eigenvalue weighted by atomic mass is 10.1. The van der Waals surface area contributed by atoms with Crippen LogP contribution in [0.1, 0.15) is 40.7 Å². The van der Waals surface area contributed by atoms with E-state index in [-0.39, 0.29) is 11.8 Å². The van der Waals surface area contributed by atoms with Crippen molar-refractivity contribution >= 4 is 22.5 Å². The van der Waals surface area contributed by atoms with E-state index in [1.165, 1.54) is 0 Å². The largest absolute Gasteiger partial charge is 0.361 e. The number of hydrogen-bond donors (Lipinski definition) is 1. The fourth-order valence-corrected chi connectivity index (χ4v) is 4.07. The molecular formula is C23H22N4O2. The number of amides is 1. The van der Waals surface area contributed by atoms with Crippen molar-refractivity contribution in [2.45, 2.75) is 32.6 Å². The molecular weight excluding hydrogens is 364 g/mol. The highest BCUT2D eigenvalue weighted by Crippen LogP contribution is 2.33. The Morgan fingerprint density at radius 3 is 2.97 bits per heavy atom. The minimum atomic E-state index is -0.0529. The minimum absolute atomic E-state index is 0.0529. The van der Waals surface area contributed by atoms with Crippen LogP contribution < -0.4 is 4.90 Å². The first-order valence-electron chi connectivity index (χ1n) is 9.83. The molecule has 1 unspecified atom stereocenters. The van der Waals surface area contributed by atoms with Crippen molar-refractivity contribution in [3.05, 3.63) is 77.1 Å². The maximum atomic E-state index is 12.7. The minimum Gasteiger partial charge on any atom is -0.361 e. The predicted octanol–water partition coefficient (Wildman–Crippen LogP) is 4.28. The number of benzene rings is 2. The van der Waals surface area contributed by atoms with E-state index < -0.39 is 0 Å². The number of H-pyrrole nitrogens is 1. The topological polar surface area (TPSA) is 75.0 Å². The van der Waals surface area contributed by atoms with Gasteiger partial charge in [-0.05, 0) is 42.7 Å². The average Bonchev–Trinajstić information content (AvgIpc) is 3.43. The molecule has 0 saturated carbocycles. The number of para-hydroxylation sites is 1. The van der Waals surface area contributed by atoms with E-state index in [4.69, 9.17) is 4.52 Å². The van der Waals surface area contributed by atoms with Crippen LogP contribution in [-0.2, 0) is 11.2 Å². The van der Waals surface area contributed by atoms with Gasteiger partial charge in [0.05, 0.1) is 6.42 Å². The van der Waals surface area contributed by atoms with Crippen LogP contribution in [0.15, 0.2) is 53.2 Å². The first-order chi connectivity index (χ1) is 14.1. The Morgan fingerprint density at radius 1 is 1.21 bits per heavy atom. The summed E-state index contributed by atoms with van der Waals surface area (Å²) in [5.41, 5.74) is 5.42. The van der Waals surface area contributed by atoms with Crippen LogP contribution in [-0.4, -0.2) is 27.6 Å². The molecule has 0 radical (unpaired) electrons. The quantitative estimate of drug-likeness (QED) is 0.568. The van der Waals surface area contributed by atoms with Crippen LogP contribution in [0.3, 0.4) is 0 Å². The molecule has 2 aromatic heterocycles. The second-order valence-corrected chi connectivity index (χ2v) is 7.78. The number of nitrogens with zero attached hydrogens (tertiary/aromatic N) is 3. The molecule has 6 nitrogen and oxygen atoms in total. The van der Waals surface area contributed by atoms with Gasteiger partial charge in [-0.2, -0.15) is 4.98 Å². The van der Waals surface area contributed by atoms with Crippen molar-refractivity contribution in [2.75, 3.05) is 11.4 Å². The number of aryl methyl sites for hydroxylation is 2. The lowest BCUT2D eigenvalue weighted by Gasteiger charge is -2.19. The molecule has 0 spiro atoms. The first kappa shape index (κ1) is 17.7. The third kappa shape index (κ3) is 3.20. The third-order valence-corrected chi connectivity index (χ3v) is 5.65. The molecule has 2 aromatic carbocycles. The summed E-state index contributed by atoms with van der Waals surface area (Å²) in [6.45, 7) is 4.65. The fourth-order valence-electron chi connectivity index (χ4n) is 4.07.